The molecule has 98 valence electrons. The van der Waals surface area contributed by atoms with Gasteiger partial charge in [0.25, 0.3) is 0 Å². The first-order valence-corrected chi connectivity index (χ1v) is 6.97. The Balaban J connectivity index is 1.87. The molecule has 0 saturated heterocycles. The molecule has 0 spiro atoms. The van der Waals surface area contributed by atoms with E-state index in [1.165, 1.54) is 19.3 Å². The molecule has 2 atom stereocenters. The smallest absolute Gasteiger partial charge is 0.320 e. The highest BCUT2D eigenvalue weighted by molar-refractivity contribution is 5.74. The molecular formula is C14H25NO2. The van der Waals surface area contributed by atoms with E-state index in [2.05, 4.69) is 19.2 Å². The van der Waals surface area contributed by atoms with E-state index in [1.54, 1.807) is 0 Å². The van der Waals surface area contributed by atoms with Crippen molar-refractivity contribution in [2.75, 3.05) is 0 Å². The maximum Gasteiger partial charge on any atom is 0.320 e. The maximum absolute atomic E-state index is 11.2. The van der Waals surface area contributed by atoms with Crippen LogP contribution >= 0.6 is 0 Å². The van der Waals surface area contributed by atoms with Gasteiger partial charge in [-0.3, -0.25) is 4.79 Å². The van der Waals surface area contributed by atoms with E-state index in [0.29, 0.717) is 17.4 Å². The Labute approximate surface area is 104 Å². The van der Waals surface area contributed by atoms with Crippen molar-refractivity contribution in [1.29, 1.82) is 0 Å². The Morgan fingerprint density at radius 3 is 2.53 bits per heavy atom. The Morgan fingerprint density at radius 2 is 1.94 bits per heavy atom. The molecule has 2 aliphatic rings. The van der Waals surface area contributed by atoms with Crippen molar-refractivity contribution in [2.45, 2.75) is 70.9 Å². The molecule has 3 nitrogen and oxygen atoms in total. The number of carboxylic acid groups (broad SMARTS) is 1. The fourth-order valence-electron chi connectivity index (χ4n) is 2.92. The van der Waals surface area contributed by atoms with Gasteiger partial charge in [0.15, 0.2) is 0 Å². The topological polar surface area (TPSA) is 49.3 Å². The van der Waals surface area contributed by atoms with Crippen LogP contribution in [0.5, 0.6) is 0 Å². The zero-order valence-corrected chi connectivity index (χ0v) is 11.0. The van der Waals surface area contributed by atoms with E-state index >= 15 is 0 Å². The monoisotopic (exact) mass is 239 g/mol. The zero-order chi connectivity index (χ0) is 12.5. The van der Waals surface area contributed by atoms with Crippen molar-refractivity contribution in [3.05, 3.63) is 0 Å². The molecule has 2 rings (SSSR count). The van der Waals surface area contributed by atoms with E-state index in [0.717, 1.165) is 25.7 Å². The molecule has 0 aliphatic heterocycles. The zero-order valence-electron chi connectivity index (χ0n) is 11.0. The van der Waals surface area contributed by atoms with Crippen LogP contribution in [0.4, 0.5) is 0 Å². The third-order valence-corrected chi connectivity index (χ3v) is 4.35. The van der Waals surface area contributed by atoms with E-state index in [9.17, 15) is 9.90 Å². The Morgan fingerprint density at radius 1 is 1.24 bits per heavy atom. The molecule has 2 N–H and O–H groups in total. The Kier molecular flexibility index (Phi) is 3.76. The lowest BCUT2D eigenvalue weighted by Gasteiger charge is -2.24. The molecule has 0 bridgehead atoms. The largest absolute Gasteiger partial charge is 0.480 e. The molecule has 3 heteroatoms. The highest BCUT2D eigenvalue weighted by atomic mass is 16.4. The van der Waals surface area contributed by atoms with Crippen molar-refractivity contribution < 1.29 is 9.90 Å². The van der Waals surface area contributed by atoms with Crippen LogP contribution in [0.3, 0.4) is 0 Å². The summed E-state index contributed by atoms with van der Waals surface area (Å²) in [5, 5.41) is 12.6. The summed E-state index contributed by atoms with van der Waals surface area (Å²) in [5.74, 6) is -0.264. The van der Waals surface area contributed by atoms with Gasteiger partial charge in [-0.15, -0.1) is 0 Å². The minimum atomic E-state index is -0.656. The molecule has 0 amide bonds. The van der Waals surface area contributed by atoms with Gasteiger partial charge in [-0.1, -0.05) is 20.3 Å². The van der Waals surface area contributed by atoms with E-state index < -0.39 is 5.97 Å². The van der Waals surface area contributed by atoms with Crippen LogP contribution in [0.25, 0.3) is 0 Å². The lowest BCUT2D eigenvalue weighted by Crippen LogP contribution is -2.44. The van der Waals surface area contributed by atoms with Crippen LogP contribution in [0.2, 0.25) is 0 Å². The average molecular weight is 239 g/mol. The molecule has 0 aromatic carbocycles. The SMILES string of the molecule is CC1(C)CCCC(NC(C(=O)O)C2CC2)CC1. The average Bonchev–Trinajstić information content (AvgIpc) is 3.03. The molecular weight excluding hydrogens is 214 g/mol. The van der Waals surface area contributed by atoms with Gasteiger partial charge in [0.1, 0.15) is 6.04 Å². The molecule has 2 aliphatic carbocycles. The fraction of sp³-hybridized carbons (Fsp3) is 0.929. The summed E-state index contributed by atoms with van der Waals surface area (Å²) < 4.78 is 0. The normalized spacial score (nSPS) is 30.6. The highest BCUT2D eigenvalue weighted by Crippen LogP contribution is 2.36. The summed E-state index contributed by atoms with van der Waals surface area (Å²) in [6.45, 7) is 4.65. The summed E-state index contributed by atoms with van der Waals surface area (Å²) >= 11 is 0. The Bertz CT molecular complexity index is 284. The van der Waals surface area contributed by atoms with Gasteiger partial charge >= 0.3 is 5.97 Å². The predicted octanol–water partition coefficient (Wildman–Crippen LogP) is 2.80. The second kappa shape index (κ2) is 4.97. The van der Waals surface area contributed by atoms with Crippen molar-refractivity contribution in [3.8, 4) is 0 Å². The van der Waals surface area contributed by atoms with E-state index in [1.807, 2.05) is 0 Å². The van der Waals surface area contributed by atoms with Gasteiger partial charge < -0.3 is 10.4 Å². The highest BCUT2D eigenvalue weighted by Gasteiger charge is 2.37. The molecule has 0 heterocycles. The molecule has 2 unspecified atom stereocenters. The summed E-state index contributed by atoms with van der Waals surface area (Å²) in [7, 11) is 0. The number of carbonyl (C=O) groups is 1. The van der Waals surface area contributed by atoms with Crippen LogP contribution in [-0.4, -0.2) is 23.2 Å². The molecule has 0 aromatic heterocycles. The Hall–Kier alpha value is -0.570. The standard InChI is InChI=1S/C14H25NO2/c1-14(2)8-3-4-11(7-9-14)15-12(13(16)17)10-5-6-10/h10-12,15H,3-9H2,1-2H3,(H,16,17). The van der Waals surface area contributed by atoms with Crippen LogP contribution in [-0.2, 0) is 4.79 Å². The summed E-state index contributed by atoms with van der Waals surface area (Å²) in [4.78, 5) is 11.2. The fourth-order valence-corrected chi connectivity index (χ4v) is 2.92. The van der Waals surface area contributed by atoms with Crippen LogP contribution in [0.1, 0.15) is 58.8 Å². The minimum absolute atomic E-state index is 0.291. The number of aliphatic carboxylic acids is 1. The molecule has 0 radical (unpaired) electrons. The van der Waals surface area contributed by atoms with Crippen molar-refractivity contribution in [1.82, 2.24) is 5.32 Å². The third kappa shape index (κ3) is 3.70. The first-order chi connectivity index (χ1) is 7.98. The first-order valence-electron chi connectivity index (χ1n) is 6.97. The van der Waals surface area contributed by atoms with Crippen LogP contribution in [0.15, 0.2) is 0 Å². The van der Waals surface area contributed by atoms with Gasteiger partial charge in [-0.05, 0) is 49.9 Å². The minimum Gasteiger partial charge on any atom is -0.480 e. The van der Waals surface area contributed by atoms with Crippen molar-refractivity contribution >= 4 is 5.97 Å². The second-order valence-corrected chi connectivity index (χ2v) is 6.61. The lowest BCUT2D eigenvalue weighted by molar-refractivity contribution is -0.140. The number of hydrogen-bond donors (Lipinski definition) is 2. The van der Waals surface area contributed by atoms with E-state index in [4.69, 9.17) is 0 Å². The molecule has 2 saturated carbocycles. The van der Waals surface area contributed by atoms with Crippen LogP contribution < -0.4 is 5.32 Å². The third-order valence-electron chi connectivity index (χ3n) is 4.35. The van der Waals surface area contributed by atoms with Gasteiger partial charge in [-0.25, -0.2) is 0 Å². The van der Waals surface area contributed by atoms with Gasteiger partial charge in [-0.2, -0.15) is 0 Å². The van der Waals surface area contributed by atoms with Gasteiger partial charge in [0, 0.05) is 6.04 Å². The summed E-state index contributed by atoms with van der Waals surface area (Å²) in [5.41, 5.74) is 0.439. The first kappa shape index (κ1) is 12.9. The van der Waals surface area contributed by atoms with Gasteiger partial charge in [0.05, 0.1) is 0 Å². The molecule has 2 fully saturated rings. The van der Waals surface area contributed by atoms with Crippen molar-refractivity contribution in [2.24, 2.45) is 11.3 Å². The predicted molar refractivity (Wildman–Crippen MR) is 67.9 cm³/mol. The number of hydrogen-bond acceptors (Lipinski definition) is 2. The van der Waals surface area contributed by atoms with Crippen molar-refractivity contribution in [3.63, 3.8) is 0 Å². The molecule has 0 aromatic rings. The number of carboxylic acids is 1. The molecule has 17 heavy (non-hydrogen) atoms. The lowest BCUT2D eigenvalue weighted by atomic mass is 9.85. The van der Waals surface area contributed by atoms with Gasteiger partial charge in [0.2, 0.25) is 0 Å². The summed E-state index contributed by atoms with van der Waals surface area (Å²) in [6.07, 6.45) is 8.14. The quantitative estimate of drug-likeness (QED) is 0.742. The maximum atomic E-state index is 11.2. The number of rotatable bonds is 4. The summed E-state index contributed by atoms with van der Waals surface area (Å²) in [6, 6.07) is 0.125. The van der Waals surface area contributed by atoms with E-state index in [-0.39, 0.29) is 6.04 Å². The van der Waals surface area contributed by atoms with Crippen LogP contribution in [0, 0.1) is 11.3 Å². The number of nitrogens with one attached hydrogen (secondary N) is 1. The second-order valence-electron chi connectivity index (χ2n) is 6.61.